The molecule has 0 aliphatic rings. The van der Waals surface area contributed by atoms with Crippen LogP contribution in [0.2, 0.25) is 0 Å². The van der Waals surface area contributed by atoms with Crippen LogP contribution in [0.25, 0.3) is 0 Å². The smallest absolute Gasteiger partial charge is 0.434 e. The maximum Gasteiger partial charge on any atom is 0.434 e. The molecule has 1 amide bonds. The molecule has 0 bridgehead atoms. The second kappa shape index (κ2) is 11.4. The minimum atomic E-state index is -1.37. The summed E-state index contributed by atoms with van der Waals surface area (Å²) in [5.74, 6) is -0.437. The van der Waals surface area contributed by atoms with E-state index in [1.807, 2.05) is 0 Å². The summed E-state index contributed by atoms with van der Waals surface area (Å²) in [5, 5.41) is 7.74. The molecule has 0 fully saturated rings. The van der Waals surface area contributed by atoms with Crippen molar-refractivity contribution in [2.24, 2.45) is 16.5 Å². The first-order valence-corrected chi connectivity index (χ1v) is 1.45. The van der Waals surface area contributed by atoms with Crippen LogP contribution < -0.4 is 11.5 Å². The normalized spacial score (nSPS) is 5.20. The molecule has 0 heterocycles. The third kappa shape index (κ3) is 25.5. The third-order valence-electron chi connectivity index (χ3n) is 0.225. The monoisotopic (exact) mass is 211 g/mol. The van der Waals surface area contributed by atoms with Crippen molar-refractivity contribution in [1.29, 1.82) is 0 Å². The Hall–Kier alpha value is -0.390. The Kier molecular flexibility index (Phi) is 25.8. The van der Waals surface area contributed by atoms with E-state index in [9.17, 15) is 4.79 Å². The highest BCUT2D eigenvalue weighted by Gasteiger charge is 1.86. The van der Waals surface area contributed by atoms with Gasteiger partial charge in [0.2, 0.25) is 0 Å². The van der Waals surface area contributed by atoms with E-state index in [2.05, 4.69) is 16.5 Å². The number of halogens is 3. The van der Waals surface area contributed by atoms with Gasteiger partial charge in [0.15, 0.2) is 5.96 Å². The van der Waals surface area contributed by atoms with Crippen molar-refractivity contribution >= 4 is 49.3 Å². The first-order chi connectivity index (χ1) is 3.13. The van der Waals surface area contributed by atoms with E-state index in [1.165, 1.54) is 0 Å². The SMILES string of the molecule is Cl.Cl.Cl.NC(N)=NC(=O)O. The van der Waals surface area contributed by atoms with Crippen molar-refractivity contribution in [3.05, 3.63) is 0 Å². The maximum absolute atomic E-state index is 9.46. The molecule has 0 aromatic rings. The van der Waals surface area contributed by atoms with Crippen LogP contribution in [-0.4, -0.2) is 17.2 Å². The average Bonchev–Trinajstić information content (AvgIpc) is 1.27. The summed E-state index contributed by atoms with van der Waals surface area (Å²) in [6.45, 7) is 0. The van der Waals surface area contributed by atoms with E-state index in [-0.39, 0.29) is 37.2 Å². The lowest BCUT2D eigenvalue weighted by Crippen LogP contribution is -2.23. The largest absolute Gasteiger partial charge is 0.463 e. The van der Waals surface area contributed by atoms with Crippen molar-refractivity contribution in [3.63, 3.8) is 0 Å². The van der Waals surface area contributed by atoms with Crippen molar-refractivity contribution in [2.45, 2.75) is 0 Å². The number of carboxylic acid groups (broad SMARTS) is 1. The molecular formula is C2H8Cl3N3O2. The van der Waals surface area contributed by atoms with E-state index in [0.29, 0.717) is 0 Å². The molecule has 0 aromatic heterocycles. The van der Waals surface area contributed by atoms with Gasteiger partial charge in [0, 0.05) is 0 Å². The number of nitrogens with zero attached hydrogens (tertiary/aromatic N) is 1. The minimum absolute atomic E-state index is 0. The van der Waals surface area contributed by atoms with Gasteiger partial charge >= 0.3 is 6.09 Å². The Labute approximate surface area is 76.1 Å². The molecule has 5 N–H and O–H groups in total. The summed E-state index contributed by atoms with van der Waals surface area (Å²) >= 11 is 0. The predicted molar refractivity (Wildman–Crippen MR) is 45.6 cm³/mol. The fourth-order valence-corrected chi connectivity index (χ4v) is 0.110. The lowest BCUT2D eigenvalue weighted by molar-refractivity contribution is 0.205. The van der Waals surface area contributed by atoms with E-state index in [0.717, 1.165) is 0 Å². The first-order valence-electron chi connectivity index (χ1n) is 1.45. The Morgan fingerprint density at radius 1 is 1.20 bits per heavy atom. The van der Waals surface area contributed by atoms with Gasteiger partial charge in [-0.1, -0.05) is 0 Å². The van der Waals surface area contributed by atoms with Crippen molar-refractivity contribution in [1.82, 2.24) is 0 Å². The van der Waals surface area contributed by atoms with Gasteiger partial charge in [-0.2, -0.15) is 0 Å². The molecule has 0 spiro atoms. The van der Waals surface area contributed by atoms with Crippen LogP contribution in [0.5, 0.6) is 0 Å². The van der Waals surface area contributed by atoms with Crippen LogP contribution >= 0.6 is 37.2 Å². The zero-order valence-electron chi connectivity index (χ0n) is 4.68. The number of hydrogen-bond acceptors (Lipinski definition) is 1. The minimum Gasteiger partial charge on any atom is -0.463 e. The van der Waals surface area contributed by atoms with Crippen LogP contribution in [0, 0.1) is 0 Å². The van der Waals surface area contributed by atoms with E-state index >= 15 is 0 Å². The molecule has 10 heavy (non-hydrogen) atoms. The summed E-state index contributed by atoms with van der Waals surface area (Å²) in [4.78, 5) is 12.1. The summed E-state index contributed by atoms with van der Waals surface area (Å²) in [6, 6.07) is 0. The van der Waals surface area contributed by atoms with Crippen LogP contribution in [0.3, 0.4) is 0 Å². The van der Waals surface area contributed by atoms with Gasteiger partial charge in [0.25, 0.3) is 0 Å². The number of aliphatic imine (C=N–C) groups is 1. The molecule has 64 valence electrons. The van der Waals surface area contributed by atoms with Gasteiger partial charge < -0.3 is 16.6 Å². The topological polar surface area (TPSA) is 102 Å². The fraction of sp³-hybridized carbons (Fsp3) is 0. The number of rotatable bonds is 0. The lowest BCUT2D eigenvalue weighted by Gasteiger charge is -1.81. The highest BCUT2D eigenvalue weighted by molar-refractivity contribution is 5.87. The molecule has 0 rings (SSSR count). The number of hydrogen-bond donors (Lipinski definition) is 3. The van der Waals surface area contributed by atoms with Crippen molar-refractivity contribution < 1.29 is 9.90 Å². The number of carbonyl (C=O) groups is 1. The van der Waals surface area contributed by atoms with Gasteiger partial charge in [0.1, 0.15) is 0 Å². The molecule has 0 aliphatic carbocycles. The van der Waals surface area contributed by atoms with Crippen molar-refractivity contribution in [2.75, 3.05) is 0 Å². The summed E-state index contributed by atoms with van der Waals surface area (Å²) < 4.78 is 0. The van der Waals surface area contributed by atoms with Crippen LogP contribution in [0.4, 0.5) is 4.79 Å². The molecule has 0 radical (unpaired) electrons. The van der Waals surface area contributed by atoms with Gasteiger partial charge in [-0.05, 0) is 0 Å². The van der Waals surface area contributed by atoms with Gasteiger partial charge in [-0.15, -0.1) is 42.2 Å². The Balaban J connectivity index is -0.0000000600. The molecule has 0 unspecified atom stereocenters. The van der Waals surface area contributed by atoms with Gasteiger partial charge in [-0.3, -0.25) is 0 Å². The third-order valence-corrected chi connectivity index (χ3v) is 0.225. The lowest BCUT2D eigenvalue weighted by atomic mass is 11.0. The predicted octanol–water partition coefficient (Wildman–Crippen LogP) is 0.203. The second-order valence-corrected chi connectivity index (χ2v) is 0.819. The quantitative estimate of drug-likeness (QED) is 0.394. The molecule has 0 aliphatic heterocycles. The molecule has 0 saturated heterocycles. The van der Waals surface area contributed by atoms with Gasteiger partial charge in [0.05, 0.1) is 0 Å². The van der Waals surface area contributed by atoms with Gasteiger partial charge in [-0.25, -0.2) is 4.79 Å². The zero-order chi connectivity index (χ0) is 5.86. The fourth-order valence-electron chi connectivity index (χ4n) is 0.110. The van der Waals surface area contributed by atoms with Crippen LogP contribution in [0.1, 0.15) is 0 Å². The highest BCUT2D eigenvalue weighted by Crippen LogP contribution is 1.64. The Morgan fingerprint density at radius 3 is 1.50 bits per heavy atom. The summed E-state index contributed by atoms with van der Waals surface area (Å²) in [5.41, 5.74) is 9.28. The molecular weight excluding hydrogens is 204 g/mol. The summed E-state index contributed by atoms with van der Waals surface area (Å²) in [6.07, 6.45) is -1.37. The number of amides is 1. The maximum atomic E-state index is 9.46. The average molecular weight is 212 g/mol. The Morgan fingerprint density at radius 2 is 1.50 bits per heavy atom. The molecule has 0 atom stereocenters. The zero-order valence-corrected chi connectivity index (χ0v) is 7.13. The Bertz CT molecular complexity index is 112. The van der Waals surface area contributed by atoms with Crippen LogP contribution in [-0.2, 0) is 0 Å². The molecule has 0 aromatic carbocycles. The summed E-state index contributed by atoms with van der Waals surface area (Å²) in [7, 11) is 0. The first kappa shape index (κ1) is 22.6. The molecule has 8 heteroatoms. The highest BCUT2D eigenvalue weighted by atomic mass is 35.5. The molecule has 5 nitrogen and oxygen atoms in total. The van der Waals surface area contributed by atoms with Crippen LogP contribution in [0.15, 0.2) is 4.99 Å². The van der Waals surface area contributed by atoms with E-state index < -0.39 is 12.1 Å². The standard InChI is InChI=1S/C2H5N3O2.3ClH/c3-1(4)5-2(6)7;;;/h(H,6,7)(H4,3,4,5);3*1H. The second-order valence-electron chi connectivity index (χ2n) is 0.819. The molecule has 0 saturated carbocycles. The number of nitrogens with two attached hydrogens (primary N) is 2. The van der Waals surface area contributed by atoms with E-state index in [1.54, 1.807) is 0 Å². The van der Waals surface area contributed by atoms with Crippen molar-refractivity contribution in [3.8, 4) is 0 Å². The van der Waals surface area contributed by atoms with E-state index in [4.69, 9.17) is 5.11 Å². The number of guanidine groups is 1.